The van der Waals surface area contributed by atoms with E-state index in [9.17, 15) is 9.59 Å². The fourth-order valence-corrected chi connectivity index (χ4v) is 3.29. The number of amides is 1. The van der Waals surface area contributed by atoms with E-state index in [1.54, 1.807) is 30.3 Å². The number of hydrogen-bond donors (Lipinski definition) is 1. The lowest BCUT2D eigenvalue weighted by molar-refractivity contribution is -0.115. The second-order valence-electron chi connectivity index (χ2n) is 5.48. The molecule has 25 heavy (non-hydrogen) atoms. The first-order valence-electron chi connectivity index (χ1n) is 7.86. The summed E-state index contributed by atoms with van der Waals surface area (Å²) in [5.41, 5.74) is 1.90. The fourth-order valence-electron chi connectivity index (χ4n) is 2.21. The Morgan fingerprint density at radius 1 is 1.20 bits per heavy atom. The quantitative estimate of drug-likeness (QED) is 0.572. The van der Waals surface area contributed by atoms with Gasteiger partial charge in [-0.05, 0) is 55.3 Å². The molecule has 2 rings (SSSR count). The van der Waals surface area contributed by atoms with Crippen molar-refractivity contribution in [2.24, 2.45) is 0 Å². The second kappa shape index (κ2) is 8.92. The van der Waals surface area contributed by atoms with E-state index in [1.807, 2.05) is 26.0 Å². The molecular weight excluding hydrogens is 358 g/mol. The maximum atomic E-state index is 12.6. The molecule has 1 amide bonds. The molecule has 0 unspecified atom stereocenters. The normalized spacial score (nSPS) is 11.7. The minimum absolute atomic E-state index is 0.104. The molecule has 2 aromatic rings. The van der Waals surface area contributed by atoms with Gasteiger partial charge in [-0.2, -0.15) is 0 Å². The van der Waals surface area contributed by atoms with Gasteiger partial charge in [0.2, 0.25) is 5.91 Å². The van der Waals surface area contributed by atoms with Gasteiger partial charge in [0.05, 0.1) is 17.9 Å². The molecule has 132 valence electrons. The van der Waals surface area contributed by atoms with Crippen LogP contribution in [0.4, 0.5) is 5.69 Å². The van der Waals surface area contributed by atoms with Gasteiger partial charge < -0.3 is 10.1 Å². The Kier molecular flexibility index (Phi) is 6.91. The van der Waals surface area contributed by atoms with Crippen LogP contribution >= 0.6 is 23.4 Å². The lowest BCUT2D eigenvalue weighted by Gasteiger charge is -2.16. The monoisotopic (exact) mass is 377 g/mol. The summed E-state index contributed by atoms with van der Waals surface area (Å²) in [6.07, 6.45) is 0.675. The maximum absolute atomic E-state index is 12.6. The van der Waals surface area contributed by atoms with Crippen LogP contribution in [0.25, 0.3) is 0 Å². The summed E-state index contributed by atoms with van der Waals surface area (Å²) in [6.45, 7) is 3.84. The summed E-state index contributed by atoms with van der Waals surface area (Å²) >= 11 is 7.38. The smallest absolute Gasteiger partial charge is 0.337 e. The molecule has 0 spiro atoms. The molecule has 0 saturated carbocycles. The zero-order valence-electron chi connectivity index (χ0n) is 14.3. The molecule has 0 bridgehead atoms. The summed E-state index contributed by atoms with van der Waals surface area (Å²) in [6, 6.07) is 12.5. The first kappa shape index (κ1) is 19.3. The van der Waals surface area contributed by atoms with Gasteiger partial charge in [-0.15, -0.1) is 11.8 Å². The van der Waals surface area contributed by atoms with Crippen LogP contribution in [-0.4, -0.2) is 24.2 Å². The maximum Gasteiger partial charge on any atom is 0.337 e. The number of ether oxygens (including phenoxy) is 1. The number of rotatable bonds is 6. The number of carbonyl (C=O) groups excluding carboxylic acids is 2. The number of methoxy groups -OCH3 is 1. The van der Waals surface area contributed by atoms with E-state index in [-0.39, 0.29) is 11.2 Å². The highest BCUT2D eigenvalue weighted by Gasteiger charge is 2.19. The SMILES string of the molecule is CC[C@H](Sc1ccc(Cl)cc1)C(=O)Nc1cc(C(=O)OC)ccc1C. The van der Waals surface area contributed by atoms with Crippen LogP contribution in [-0.2, 0) is 9.53 Å². The molecule has 0 radical (unpaired) electrons. The van der Waals surface area contributed by atoms with Gasteiger partial charge in [-0.1, -0.05) is 24.6 Å². The molecule has 1 atom stereocenters. The average molecular weight is 378 g/mol. The van der Waals surface area contributed by atoms with Crippen molar-refractivity contribution >= 4 is 40.9 Å². The van der Waals surface area contributed by atoms with E-state index < -0.39 is 5.97 Å². The summed E-state index contributed by atoms with van der Waals surface area (Å²) in [7, 11) is 1.33. The van der Waals surface area contributed by atoms with Gasteiger partial charge in [0.1, 0.15) is 0 Å². The van der Waals surface area contributed by atoms with E-state index in [0.29, 0.717) is 22.7 Å². The van der Waals surface area contributed by atoms with E-state index in [4.69, 9.17) is 16.3 Å². The first-order chi connectivity index (χ1) is 11.9. The Hall–Kier alpha value is -1.98. The number of esters is 1. The number of carbonyl (C=O) groups is 2. The third-order valence-electron chi connectivity index (χ3n) is 3.67. The van der Waals surface area contributed by atoms with Gasteiger partial charge in [0.25, 0.3) is 0 Å². The summed E-state index contributed by atoms with van der Waals surface area (Å²) in [5.74, 6) is -0.536. The number of hydrogen-bond acceptors (Lipinski definition) is 4. The van der Waals surface area contributed by atoms with Crippen molar-refractivity contribution in [3.8, 4) is 0 Å². The minimum atomic E-state index is -0.432. The van der Waals surface area contributed by atoms with Crippen LogP contribution in [0.1, 0.15) is 29.3 Å². The largest absolute Gasteiger partial charge is 0.465 e. The van der Waals surface area contributed by atoms with E-state index in [1.165, 1.54) is 18.9 Å². The molecule has 4 nitrogen and oxygen atoms in total. The molecule has 2 aromatic carbocycles. The molecule has 0 aliphatic carbocycles. The molecule has 1 N–H and O–H groups in total. The molecular formula is C19H20ClNO3S. The topological polar surface area (TPSA) is 55.4 Å². The summed E-state index contributed by atoms with van der Waals surface area (Å²) < 4.78 is 4.73. The predicted molar refractivity (Wildman–Crippen MR) is 103 cm³/mol. The van der Waals surface area contributed by atoms with Crippen LogP contribution in [0.3, 0.4) is 0 Å². The molecule has 0 saturated heterocycles. The highest BCUT2D eigenvalue weighted by molar-refractivity contribution is 8.00. The van der Waals surface area contributed by atoms with Gasteiger partial charge in [0.15, 0.2) is 0 Å². The van der Waals surface area contributed by atoms with Crippen molar-refractivity contribution < 1.29 is 14.3 Å². The van der Waals surface area contributed by atoms with Gasteiger partial charge in [-0.3, -0.25) is 4.79 Å². The second-order valence-corrected chi connectivity index (χ2v) is 7.19. The van der Waals surface area contributed by atoms with Gasteiger partial charge >= 0.3 is 5.97 Å². The zero-order chi connectivity index (χ0) is 18.4. The molecule has 0 aliphatic rings. The minimum Gasteiger partial charge on any atom is -0.465 e. The Labute approximate surface area is 156 Å². The number of anilines is 1. The zero-order valence-corrected chi connectivity index (χ0v) is 15.9. The average Bonchev–Trinajstić information content (AvgIpc) is 2.62. The van der Waals surface area contributed by atoms with Crippen molar-refractivity contribution in [1.29, 1.82) is 0 Å². The number of thioether (sulfide) groups is 1. The summed E-state index contributed by atoms with van der Waals surface area (Å²) in [5, 5.41) is 3.33. The number of aryl methyl sites for hydroxylation is 1. The molecule has 0 fully saturated rings. The van der Waals surface area contributed by atoms with Gasteiger partial charge in [0, 0.05) is 15.6 Å². The lowest BCUT2D eigenvalue weighted by Crippen LogP contribution is -2.25. The molecule has 0 heterocycles. The van der Waals surface area contributed by atoms with Crippen molar-refractivity contribution in [2.75, 3.05) is 12.4 Å². The van der Waals surface area contributed by atoms with Crippen LogP contribution < -0.4 is 5.32 Å². The van der Waals surface area contributed by atoms with Gasteiger partial charge in [-0.25, -0.2) is 4.79 Å². The van der Waals surface area contributed by atoms with E-state index in [2.05, 4.69) is 5.32 Å². The predicted octanol–water partition coefficient (Wildman–Crippen LogP) is 4.94. The van der Waals surface area contributed by atoms with Crippen LogP contribution in [0.5, 0.6) is 0 Å². The number of nitrogens with one attached hydrogen (secondary N) is 1. The van der Waals surface area contributed by atoms with Crippen LogP contribution in [0.2, 0.25) is 5.02 Å². The highest BCUT2D eigenvalue weighted by Crippen LogP contribution is 2.28. The molecule has 6 heteroatoms. The van der Waals surface area contributed by atoms with Crippen LogP contribution in [0.15, 0.2) is 47.4 Å². The molecule has 0 aliphatic heterocycles. The van der Waals surface area contributed by atoms with Crippen LogP contribution in [0, 0.1) is 6.92 Å². The third-order valence-corrected chi connectivity index (χ3v) is 5.30. The fraction of sp³-hybridized carbons (Fsp3) is 0.263. The third kappa shape index (κ3) is 5.25. The number of benzene rings is 2. The Morgan fingerprint density at radius 2 is 1.88 bits per heavy atom. The highest BCUT2D eigenvalue weighted by atomic mass is 35.5. The lowest BCUT2D eigenvalue weighted by atomic mass is 10.1. The van der Waals surface area contributed by atoms with Crippen molar-refractivity contribution in [2.45, 2.75) is 30.4 Å². The standard InChI is InChI=1S/C19H20ClNO3S/c1-4-17(25-15-9-7-14(20)8-10-15)18(22)21-16-11-13(19(23)24-3)6-5-12(16)2/h5-11,17H,4H2,1-3H3,(H,21,22)/t17-/m0/s1. The van der Waals surface area contributed by atoms with E-state index in [0.717, 1.165) is 10.5 Å². The van der Waals surface area contributed by atoms with Crippen molar-refractivity contribution in [3.63, 3.8) is 0 Å². The van der Waals surface area contributed by atoms with Crippen molar-refractivity contribution in [3.05, 3.63) is 58.6 Å². The van der Waals surface area contributed by atoms with Crippen molar-refractivity contribution in [1.82, 2.24) is 0 Å². The first-order valence-corrected chi connectivity index (χ1v) is 9.12. The van der Waals surface area contributed by atoms with E-state index >= 15 is 0 Å². The Bertz CT molecular complexity index is 762. The Balaban J connectivity index is 2.13. The Morgan fingerprint density at radius 3 is 2.48 bits per heavy atom. The summed E-state index contributed by atoms with van der Waals surface area (Å²) in [4.78, 5) is 25.3. The number of halogens is 1. The molecule has 0 aromatic heterocycles.